The summed E-state index contributed by atoms with van der Waals surface area (Å²) in [6, 6.07) is 0.0481. The Bertz CT molecular complexity index is 307. The SMILES string of the molecule is CNC(=O)NC(=O)CN1CCCC(CNC(C)C)C1. The Morgan fingerprint density at radius 2 is 2.11 bits per heavy atom. The molecule has 3 amide bonds. The van der Waals surface area contributed by atoms with Crippen LogP contribution in [0.2, 0.25) is 0 Å². The monoisotopic (exact) mass is 270 g/mol. The van der Waals surface area contributed by atoms with E-state index in [9.17, 15) is 9.59 Å². The smallest absolute Gasteiger partial charge is 0.321 e. The van der Waals surface area contributed by atoms with Crippen molar-refractivity contribution >= 4 is 11.9 Å². The van der Waals surface area contributed by atoms with Crippen LogP contribution in [0, 0.1) is 5.92 Å². The number of carbonyl (C=O) groups is 2. The van der Waals surface area contributed by atoms with Gasteiger partial charge in [-0.1, -0.05) is 13.8 Å². The molecular weight excluding hydrogens is 244 g/mol. The van der Waals surface area contributed by atoms with Crippen LogP contribution in [0.3, 0.4) is 0 Å². The number of nitrogens with one attached hydrogen (secondary N) is 3. The van der Waals surface area contributed by atoms with E-state index < -0.39 is 6.03 Å². The van der Waals surface area contributed by atoms with E-state index in [4.69, 9.17) is 0 Å². The molecule has 1 unspecified atom stereocenters. The average molecular weight is 270 g/mol. The summed E-state index contributed by atoms with van der Waals surface area (Å²) >= 11 is 0. The average Bonchev–Trinajstić information content (AvgIpc) is 2.36. The van der Waals surface area contributed by atoms with Crippen LogP contribution in [0.4, 0.5) is 4.79 Å². The second-order valence-corrected chi connectivity index (χ2v) is 5.43. The Morgan fingerprint density at radius 3 is 2.74 bits per heavy atom. The number of hydrogen-bond donors (Lipinski definition) is 3. The highest BCUT2D eigenvalue weighted by atomic mass is 16.2. The number of amides is 3. The third kappa shape index (κ3) is 6.54. The molecule has 0 aliphatic carbocycles. The Kier molecular flexibility index (Phi) is 6.80. The lowest BCUT2D eigenvalue weighted by Crippen LogP contribution is -2.47. The van der Waals surface area contributed by atoms with Gasteiger partial charge < -0.3 is 10.6 Å². The quantitative estimate of drug-likeness (QED) is 0.665. The summed E-state index contributed by atoms with van der Waals surface area (Å²) in [7, 11) is 1.50. The maximum absolute atomic E-state index is 11.6. The van der Waals surface area contributed by atoms with Crippen LogP contribution in [0.5, 0.6) is 0 Å². The van der Waals surface area contributed by atoms with Gasteiger partial charge in [0.2, 0.25) is 5.91 Å². The molecule has 1 aliphatic heterocycles. The van der Waals surface area contributed by atoms with Crippen LogP contribution in [0.1, 0.15) is 26.7 Å². The molecule has 1 fully saturated rings. The first-order chi connectivity index (χ1) is 9.01. The largest absolute Gasteiger partial charge is 0.341 e. The highest BCUT2D eigenvalue weighted by Gasteiger charge is 2.21. The molecule has 1 saturated heterocycles. The summed E-state index contributed by atoms with van der Waals surface area (Å²) in [6.45, 7) is 7.41. The number of hydrogen-bond acceptors (Lipinski definition) is 4. The molecule has 19 heavy (non-hydrogen) atoms. The third-order valence-corrected chi connectivity index (χ3v) is 3.27. The second kappa shape index (κ2) is 8.12. The van der Waals surface area contributed by atoms with E-state index in [0.717, 1.165) is 26.1 Å². The molecule has 1 rings (SSSR count). The highest BCUT2D eigenvalue weighted by molar-refractivity contribution is 5.95. The zero-order chi connectivity index (χ0) is 14.3. The van der Waals surface area contributed by atoms with Crippen molar-refractivity contribution in [3.63, 3.8) is 0 Å². The van der Waals surface area contributed by atoms with Crippen molar-refractivity contribution in [3.05, 3.63) is 0 Å². The molecule has 0 aromatic rings. The van der Waals surface area contributed by atoms with Crippen molar-refractivity contribution in [2.75, 3.05) is 33.2 Å². The van der Waals surface area contributed by atoms with Gasteiger partial charge in [-0.25, -0.2) is 4.79 Å². The minimum absolute atomic E-state index is 0.239. The molecule has 6 nitrogen and oxygen atoms in total. The van der Waals surface area contributed by atoms with Gasteiger partial charge in [-0.2, -0.15) is 0 Å². The van der Waals surface area contributed by atoms with Crippen LogP contribution in [0.15, 0.2) is 0 Å². The van der Waals surface area contributed by atoms with Crippen molar-refractivity contribution < 1.29 is 9.59 Å². The molecule has 0 aromatic carbocycles. The van der Waals surface area contributed by atoms with Gasteiger partial charge in [0, 0.05) is 19.6 Å². The van der Waals surface area contributed by atoms with Crippen LogP contribution in [-0.2, 0) is 4.79 Å². The third-order valence-electron chi connectivity index (χ3n) is 3.27. The van der Waals surface area contributed by atoms with Crippen molar-refractivity contribution in [2.45, 2.75) is 32.7 Å². The molecule has 3 N–H and O–H groups in total. The van der Waals surface area contributed by atoms with E-state index in [0.29, 0.717) is 18.5 Å². The van der Waals surface area contributed by atoms with Crippen molar-refractivity contribution in [1.82, 2.24) is 20.9 Å². The molecule has 0 spiro atoms. The lowest BCUT2D eigenvalue weighted by atomic mass is 9.98. The van der Waals surface area contributed by atoms with Gasteiger partial charge in [0.05, 0.1) is 6.54 Å². The fraction of sp³-hybridized carbons (Fsp3) is 0.846. The molecule has 1 atom stereocenters. The first-order valence-electron chi connectivity index (χ1n) is 6.98. The maximum atomic E-state index is 11.6. The van der Waals surface area contributed by atoms with Gasteiger partial charge in [-0.3, -0.25) is 15.0 Å². The highest BCUT2D eigenvalue weighted by Crippen LogP contribution is 2.15. The van der Waals surface area contributed by atoms with Crippen molar-refractivity contribution in [2.24, 2.45) is 5.92 Å². The Hall–Kier alpha value is -1.14. The van der Waals surface area contributed by atoms with Gasteiger partial charge in [0.25, 0.3) is 0 Å². The lowest BCUT2D eigenvalue weighted by Gasteiger charge is -2.32. The van der Waals surface area contributed by atoms with Crippen molar-refractivity contribution in [3.8, 4) is 0 Å². The number of rotatable bonds is 5. The Balaban J connectivity index is 2.30. The summed E-state index contributed by atoms with van der Waals surface area (Å²) in [5.41, 5.74) is 0. The summed E-state index contributed by atoms with van der Waals surface area (Å²) in [6.07, 6.45) is 2.31. The van der Waals surface area contributed by atoms with Crippen LogP contribution in [-0.4, -0.2) is 56.1 Å². The zero-order valence-electron chi connectivity index (χ0n) is 12.2. The minimum atomic E-state index is -0.444. The normalized spacial score (nSPS) is 20.3. The van der Waals surface area contributed by atoms with Gasteiger partial charge in [0.15, 0.2) is 0 Å². The molecule has 0 bridgehead atoms. The molecule has 110 valence electrons. The molecule has 0 saturated carbocycles. The molecule has 0 aromatic heterocycles. The molecular formula is C13H26N4O2. The summed E-state index contributed by atoms with van der Waals surface area (Å²) < 4.78 is 0. The fourth-order valence-electron chi connectivity index (χ4n) is 2.30. The van der Waals surface area contributed by atoms with Gasteiger partial charge in [0.1, 0.15) is 0 Å². The van der Waals surface area contributed by atoms with Crippen LogP contribution in [0.25, 0.3) is 0 Å². The molecule has 1 aliphatic rings. The van der Waals surface area contributed by atoms with Crippen molar-refractivity contribution in [1.29, 1.82) is 0 Å². The number of urea groups is 1. The Labute approximate surface area is 115 Å². The summed E-state index contributed by atoms with van der Waals surface area (Å²) in [5.74, 6) is 0.348. The molecule has 6 heteroatoms. The topological polar surface area (TPSA) is 73.5 Å². The number of imide groups is 1. The number of likely N-dealkylation sites (tertiary alicyclic amines) is 1. The van der Waals surface area contributed by atoms with E-state index in [2.05, 4.69) is 34.7 Å². The summed E-state index contributed by atoms with van der Waals surface area (Å²) in [5, 5.41) is 8.11. The van der Waals surface area contributed by atoms with E-state index in [-0.39, 0.29) is 5.91 Å². The lowest BCUT2D eigenvalue weighted by molar-refractivity contribution is -0.121. The first kappa shape index (κ1) is 15.9. The minimum Gasteiger partial charge on any atom is -0.341 e. The number of piperidine rings is 1. The standard InChI is InChI=1S/C13H26N4O2/c1-10(2)15-7-11-5-4-6-17(8-11)9-12(18)16-13(19)14-3/h10-11,15H,4-9H2,1-3H3,(H2,14,16,18,19). The van der Waals surface area contributed by atoms with E-state index in [1.807, 2.05) is 0 Å². The van der Waals surface area contributed by atoms with E-state index >= 15 is 0 Å². The maximum Gasteiger partial charge on any atom is 0.321 e. The van der Waals surface area contributed by atoms with Gasteiger partial charge >= 0.3 is 6.03 Å². The molecule has 0 radical (unpaired) electrons. The van der Waals surface area contributed by atoms with E-state index in [1.165, 1.54) is 13.5 Å². The summed E-state index contributed by atoms with van der Waals surface area (Å²) in [4.78, 5) is 24.8. The fourth-order valence-corrected chi connectivity index (χ4v) is 2.30. The first-order valence-corrected chi connectivity index (χ1v) is 6.98. The van der Waals surface area contributed by atoms with E-state index in [1.54, 1.807) is 0 Å². The Morgan fingerprint density at radius 1 is 1.37 bits per heavy atom. The second-order valence-electron chi connectivity index (χ2n) is 5.43. The predicted molar refractivity (Wildman–Crippen MR) is 74.9 cm³/mol. The van der Waals surface area contributed by atoms with Gasteiger partial charge in [-0.05, 0) is 31.8 Å². The number of nitrogens with zero attached hydrogens (tertiary/aromatic N) is 1. The molecule has 1 heterocycles. The van der Waals surface area contributed by atoms with Gasteiger partial charge in [-0.15, -0.1) is 0 Å². The zero-order valence-corrected chi connectivity index (χ0v) is 12.2. The number of carbonyl (C=O) groups excluding carboxylic acids is 2. The predicted octanol–water partition coefficient (Wildman–Crippen LogP) is 0.152. The van der Waals surface area contributed by atoms with Crippen LogP contribution >= 0.6 is 0 Å². The van der Waals surface area contributed by atoms with Crippen LogP contribution < -0.4 is 16.0 Å².